The first-order valence-corrected chi connectivity index (χ1v) is 6.82. The van der Waals surface area contributed by atoms with E-state index in [1.165, 1.54) is 12.8 Å². The molecule has 19 heavy (non-hydrogen) atoms. The molecule has 0 bridgehead atoms. The van der Waals surface area contributed by atoms with Gasteiger partial charge in [0.05, 0.1) is 12.1 Å². The highest BCUT2D eigenvalue weighted by molar-refractivity contribution is 5.86. The summed E-state index contributed by atoms with van der Waals surface area (Å²) in [6.45, 7) is 3.21. The summed E-state index contributed by atoms with van der Waals surface area (Å²) in [6.07, 6.45) is 3.81. The van der Waals surface area contributed by atoms with Crippen molar-refractivity contribution >= 4 is 18.3 Å². The van der Waals surface area contributed by atoms with Crippen molar-refractivity contribution in [2.24, 2.45) is 11.7 Å². The predicted octanol–water partition coefficient (Wildman–Crippen LogP) is 0.801. The minimum Gasteiger partial charge on any atom is -0.381 e. The molecule has 0 spiro atoms. The molecule has 2 aliphatic rings. The first-order valence-electron chi connectivity index (χ1n) is 6.82. The maximum absolute atomic E-state index is 12.3. The highest BCUT2D eigenvalue weighted by Gasteiger charge is 2.37. The van der Waals surface area contributed by atoms with E-state index in [0.29, 0.717) is 39.2 Å². The van der Waals surface area contributed by atoms with Crippen LogP contribution in [0.4, 0.5) is 0 Å². The van der Waals surface area contributed by atoms with E-state index >= 15 is 0 Å². The van der Waals surface area contributed by atoms with E-state index in [9.17, 15) is 4.79 Å². The quantitative estimate of drug-likeness (QED) is 0.736. The number of carbonyl (C=O) groups excluding carboxylic acids is 1. The molecule has 0 atom stereocenters. The molecule has 0 unspecified atom stereocenters. The van der Waals surface area contributed by atoms with Gasteiger partial charge in [-0.1, -0.05) is 0 Å². The van der Waals surface area contributed by atoms with Gasteiger partial charge in [0.25, 0.3) is 0 Å². The first-order chi connectivity index (χ1) is 8.62. The largest absolute Gasteiger partial charge is 0.381 e. The number of halogens is 1. The summed E-state index contributed by atoms with van der Waals surface area (Å²) in [4.78, 5) is 13.9. The lowest BCUT2D eigenvalue weighted by Gasteiger charge is -2.35. The van der Waals surface area contributed by atoms with Crippen LogP contribution >= 0.6 is 12.4 Å². The second kappa shape index (κ2) is 7.43. The molecule has 2 fully saturated rings. The first kappa shape index (κ1) is 16.7. The van der Waals surface area contributed by atoms with Crippen LogP contribution in [-0.2, 0) is 14.3 Å². The van der Waals surface area contributed by atoms with Crippen molar-refractivity contribution in [1.82, 2.24) is 4.90 Å². The van der Waals surface area contributed by atoms with Crippen molar-refractivity contribution in [3.63, 3.8) is 0 Å². The number of hydrogen-bond donors (Lipinski definition) is 1. The fourth-order valence-corrected chi connectivity index (χ4v) is 2.17. The molecule has 1 aliphatic carbocycles. The Morgan fingerprint density at radius 2 is 2.05 bits per heavy atom. The molecule has 112 valence electrons. The molecular weight excluding hydrogens is 268 g/mol. The Hall–Kier alpha value is -0.360. The van der Waals surface area contributed by atoms with Crippen LogP contribution in [0.25, 0.3) is 0 Å². The zero-order chi connectivity index (χ0) is 13.0. The lowest BCUT2D eigenvalue weighted by atomic mass is 9.90. The van der Waals surface area contributed by atoms with Crippen LogP contribution < -0.4 is 5.73 Å². The monoisotopic (exact) mass is 292 g/mol. The summed E-state index contributed by atoms with van der Waals surface area (Å²) < 4.78 is 10.8. The number of hydrogen-bond acceptors (Lipinski definition) is 4. The van der Waals surface area contributed by atoms with E-state index in [-0.39, 0.29) is 18.3 Å². The maximum atomic E-state index is 12.3. The number of carbonyl (C=O) groups is 1. The molecule has 1 heterocycles. The normalized spacial score (nSPS) is 21.6. The van der Waals surface area contributed by atoms with E-state index in [1.807, 2.05) is 0 Å². The zero-order valence-corrected chi connectivity index (χ0v) is 12.4. The van der Waals surface area contributed by atoms with E-state index in [0.717, 1.165) is 12.5 Å². The molecule has 5 nitrogen and oxygen atoms in total. The standard InChI is InChI=1S/C13H24N2O3.ClH/c1-15(6-9-18-10-11-2-3-11)12(16)13(14)4-7-17-8-5-13;/h11H,2-10,14H2,1H3;1H. The molecule has 1 saturated carbocycles. The average Bonchev–Trinajstić information content (AvgIpc) is 3.18. The summed E-state index contributed by atoms with van der Waals surface area (Å²) >= 11 is 0. The van der Waals surface area contributed by atoms with E-state index in [2.05, 4.69) is 0 Å². The Morgan fingerprint density at radius 1 is 1.42 bits per heavy atom. The molecular formula is C13H25ClN2O3. The third-order valence-electron chi connectivity index (χ3n) is 3.78. The topological polar surface area (TPSA) is 64.8 Å². The number of likely N-dealkylation sites (N-methyl/N-ethyl adjacent to an activating group) is 1. The van der Waals surface area contributed by atoms with Crippen LogP contribution in [-0.4, -0.2) is 56.4 Å². The van der Waals surface area contributed by atoms with Crippen LogP contribution in [0.1, 0.15) is 25.7 Å². The summed E-state index contributed by atoms with van der Waals surface area (Å²) in [7, 11) is 1.80. The molecule has 2 N–H and O–H groups in total. The molecule has 0 aromatic carbocycles. The molecule has 0 aromatic rings. The Kier molecular flexibility index (Phi) is 6.53. The van der Waals surface area contributed by atoms with Crippen molar-refractivity contribution in [1.29, 1.82) is 0 Å². The Labute approximate surface area is 121 Å². The highest BCUT2D eigenvalue weighted by Crippen LogP contribution is 2.28. The Morgan fingerprint density at radius 3 is 2.63 bits per heavy atom. The lowest BCUT2D eigenvalue weighted by molar-refractivity contribution is -0.139. The third kappa shape index (κ3) is 4.91. The lowest BCUT2D eigenvalue weighted by Crippen LogP contribution is -2.57. The third-order valence-corrected chi connectivity index (χ3v) is 3.78. The van der Waals surface area contributed by atoms with Gasteiger partial charge in [0, 0.05) is 33.4 Å². The fraction of sp³-hybridized carbons (Fsp3) is 0.923. The maximum Gasteiger partial charge on any atom is 0.242 e. The number of nitrogens with zero attached hydrogens (tertiary/aromatic N) is 1. The van der Waals surface area contributed by atoms with E-state index in [1.54, 1.807) is 11.9 Å². The van der Waals surface area contributed by atoms with Crippen LogP contribution in [0, 0.1) is 5.92 Å². The van der Waals surface area contributed by atoms with Crippen molar-refractivity contribution in [3.05, 3.63) is 0 Å². The minimum atomic E-state index is -0.733. The summed E-state index contributed by atoms with van der Waals surface area (Å²) in [5.74, 6) is 0.781. The second-order valence-electron chi connectivity index (χ2n) is 5.51. The molecule has 2 rings (SSSR count). The van der Waals surface area contributed by atoms with E-state index in [4.69, 9.17) is 15.2 Å². The zero-order valence-electron chi connectivity index (χ0n) is 11.6. The Balaban J connectivity index is 0.00000180. The van der Waals surface area contributed by atoms with Gasteiger partial charge in [0.15, 0.2) is 0 Å². The van der Waals surface area contributed by atoms with Gasteiger partial charge >= 0.3 is 0 Å². The number of rotatable bonds is 6. The molecule has 0 aromatic heterocycles. The van der Waals surface area contributed by atoms with Crippen molar-refractivity contribution < 1.29 is 14.3 Å². The van der Waals surface area contributed by atoms with Crippen molar-refractivity contribution in [2.75, 3.05) is 40.0 Å². The SMILES string of the molecule is CN(CCOCC1CC1)C(=O)C1(N)CCOCC1.Cl. The van der Waals surface area contributed by atoms with Crippen LogP contribution in [0.5, 0.6) is 0 Å². The molecule has 1 saturated heterocycles. The summed E-state index contributed by atoms with van der Waals surface area (Å²) in [5, 5.41) is 0. The van der Waals surface area contributed by atoms with Gasteiger partial charge in [-0.3, -0.25) is 4.79 Å². The van der Waals surface area contributed by atoms with Crippen LogP contribution in [0.15, 0.2) is 0 Å². The molecule has 0 radical (unpaired) electrons. The van der Waals surface area contributed by atoms with Gasteiger partial charge in [-0.15, -0.1) is 12.4 Å². The highest BCUT2D eigenvalue weighted by atomic mass is 35.5. The van der Waals surface area contributed by atoms with Gasteiger partial charge in [0.2, 0.25) is 5.91 Å². The molecule has 1 amide bonds. The van der Waals surface area contributed by atoms with Crippen LogP contribution in [0.2, 0.25) is 0 Å². The summed E-state index contributed by atoms with van der Waals surface area (Å²) in [5.41, 5.74) is 5.42. The predicted molar refractivity (Wildman–Crippen MR) is 75.4 cm³/mol. The second-order valence-corrected chi connectivity index (χ2v) is 5.51. The summed E-state index contributed by atoms with van der Waals surface area (Å²) in [6, 6.07) is 0. The van der Waals surface area contributed by atoms with Crippen molar-refractivity contribution in [2.45, 2.75) is 31.2 Å². The number of ether oxygens (including phenoxy) is 2. The van der Waals surface area contributed by atoms with Gasteiger partial charge in [0.1, 0.15) is 0 Å². The minimum absolute atomic E-state index is 0. The van der Waals surface area contributed by atoms with Gasteiger partial charge < -0.3 is 20.1 Å². The van der Waals surface area contributed by atoms with Crippen molar-refractivity contribution in [3.8, 4) is 0 Å². The molecule has 1 aliphatic heterocycles. The van der Waals surface area contributed by atoms with Gasteiger partial charge in [-0.2, -0.15) is 0 Å². The fourth-order valence-electron chi connectivity index (χ4n) is 2.17. The average molecular weight is 293 g/mol. The van der Waals surface area contributed by atoms with Crippen LogP contribution in [0.3, 0.4) is 0 Å². The molecule has 6 heteroatoms. The number of nitrogens with two attached hydrogens (primary N) is 1. The van der Waals surface area contributed by atoms with Gasteiger partial charge in [-0.05, 0) is 31.6 Å². The number of amides is 1. The van der Waals surface area contributed by atoms with E-state index < -0.39 is 5.54 Å². The van der Waals surface area contributed by atoms with Gasteiger partial charge in [-0.25, -0.2) is 0 Å². The smallest absolute Gasteiger partial charge is 0.242 e. The Bertz CT molecular complexity index is 292.